The summed E-state index contributed by atoms with van der Waals surface area (Å²) < 4.78 is 40.6. The van der Waals surface area contributed by atoms with Gasteiger partial charge in [-0.2, -0.15) is 0 Å². The highest BCUT2D eigenvalue weighted by atomic mass is 32.2. The Labute approximate surface area is 190 Å². The van der Waals surface area contributed by atoms with Crippen molar-refractivity contribution in [2.24, 2.45) is 7.05 Å². The minimum absolute atomic E-state index is 0.0776. The lowest BCUT2D eigenvalue weighted by atomic mass is 10.1. The Morgan fingerprint density at radius 1 is 1.16 bits per heavy atom. The van der Waals surface area contributed by atoms with E-state index in [9.17, 15) is 17.6 Å². The molecule has 0 aliphatic heterocycles. The molecule has 1 N–H and O–H groups in total. The predicted molar refractivity (Wildman–Crippen MR) is 122 cm³/mol. The van der Waals surface area contributed by atoms with E-state index in [-0.39, 0.29) is 24.2 Å². The molecule has 1 heterocycles. The van der Waals surface area contributed by atoms with Crippen molar-refractivity contribution in [2.75, 3.05) is 16.3 Å². The first-order chi connectivity index (χ1) is 15.1. The van der Waals surface area contributed by atoms with Gasteiger partial charge >= 0.3 is 0 Å². The lowest BCUT2D eigenvalue weighted by Gasteiger charge is -2.21. The summed E-state index contributed by atoms with van der Waals surface area (Å²) in [4.78, 5) is 12.3. The second kappa shape index (κ2) is 10.1. The Kier molecular flexibility index (Phi) is 7.52. The van der Waals surface area contributed by atoms with Crippen LogP contribution in [0.15, 0.2) is 59.8 Å². The van der Waals surface area contributed by atoms with E-state index in [2.05, 4.69) is 15.5 Å². The molecule has 8 nitrogen and oxygen atoms in total. The van der Waals surface area contributed by atoms with Crippen LogP contribution in [0.4, 0.5) is 10.1 Å². The molecule has 1 unspecified atom stereocenters. The van der Waals surface area contributed by atoms with Gasteiger partial charge in [0.25, 0.3) is 0 Å². The molecule has 0 radical (unpaired) electrons. The summed E-state index contributed by atoms with van der Waals surface area (Å²) in [5, 5.41) is 11.6. The van der Waals surface area contributed by atoms with E-state index < -0.39 is 15.8 Å². The number of amides is 1. The van der Waals surface area contributed by atoms with Gasteiger partial charge in [0.1, 0.15) is 5.82 Å². The Hall–Kier alpha value is -2.92. The summed E-state index contributed by atoms with van der Waals surface area (Å²) in [6.45, 7) is 1.83. The summed E-state index contributed by atoms with van der Waals surface area (Å²) in [6.07, 6.45) is 1.07. The lowest BCUT2D eigenvalue weighted by Crippen LogP contribution is -2.30. The van der Waals surface area contributed by atoms with Crippen molar-refractivity contribution in [2.45, 2.75) is 24.7 Å². The zero-order valence-electron chi connectivity index (χ0n) is 17.9. The minimum Gasteiger partial charge on any atom is -0.349 e. The number of thioether (sulfide) groups is 1. The Morgan fingerprint density at radius 3 is 2.44 bits per heavy atom. The number of anilines is 1. The molecule has 3 rings (SSSR count). The molecule has 1 aromatic heterocycles. The van der Waals surface area contributed by atoms with Crippen molar-refractivity contribution in [1.82, 2.24) is 20.1 Å². The predicted octanol–water partition coefficient (Wildman–Crippen LogP) is 2.89. The molecular weight excluding hydrogens is 453 g/mol. The van der Waals surface area contributed by atoms with E-state index in [0.717, 1.165) is 16.1 Å². The first-order valence-electron chi connectivity index (χ1n) is 9.74. The van der Waals surface area contributed by atoms with Crippen LogP contribution >= 0.6 is 11.8 Å². The van der Waals surface area contributed by atoms with Crippen LogP contribution in [-0.4, -0.2) is 41.1 Å². The van der Waals surface area contributed by atoms with Crippen LogP contribution in [-0.2, 0) is 28.4 Å². The van der Waals surface area contributed by atoms with Crippen molar-refractivity contribution >= 4 is 33.4 Å². The van der Waals surface area contributed by atoms with Gasteiger partial charge in [-0.05, 0) is 36.8 Å². The van der Waals surface area contributed by atoms with Crippen LogP contribution in [0.25, 0.3) is 0 Å². The maximum atomic E-state index is 13.2. The number of benzene rings is 2. The third-order valence-corrected chi connectivity index (χ3v) is 6.90. The molecule has 0 spiro atoms. The third kappa shape index (κ3) is 6.07. The van der Waals surface area contributed by atoms with Crippen LogP contribution in [0.5, 0.6) is 0 Å². The maximum Gasteiger partial charge on any atom is 0.232 e. The number of carbonyl (C=O) groups excluding carboxylic acids is 1. The summed E-state index contributed by atoms with van der Waals surface area (Å²) in [5.41, 5.74) is 1.33. The van der Waals surface area contributed by atoms with Crippen molar-refractivity contribution in [3.63, 3.8) is 0 Å². The van der Waals surface area contributed by atoms with Crippen molar-refractivity contribution < 1.29 is 17.6 Å². The fourth-order valence-corrected chi connectivity index (χ4v) is 4.58. The number of hydrogen-bond acceptors (Lipinski definition) is 6. The molecule has 32 heavy (non-hydrogen) atoms. The molecule has 1 atom stereocenters. The zero-order chi connectivity index (χ0) is 23.3. The number of carbonyl (C=O) groups is 1. The summed E-state index contributed by atoms with van der Waals surface area (Å²) in [7, 11) is -1.94. The quantitative estimate of drug-likeness (QED) is 0.476. The molecule has 3 aromatic rings. The smallest absolute Gasteiger partial charge is 0.232 e. The molecule has 0 fully saturated rings. The first-order valence-corrected chi connectivity index (χ1v) is 12.6. The Balaban J connectivity index is 1.65. The number of rotatable bonds is 9. The average molecular weight is 478 g/mol. The zero-order valence-corrected chi connectivity index (χ0v) is 19.5. The van der Waals surface area contributed by atoms with Crippen LogP contribution in [0.2, 0.25) is 0 Å². The van der Waals surface area contributed by atoms with Gasteiger partial charge in [0.2, 0.25) is 15.9 Å². The fourth-order valence-electron chi connectivity index (χ4n) is 2.98. The van der Waals surface area contributed by atoms with E-state index >= 15 is 0 Å². The number of nitrogens with one attached hydrogen (secondary N) is 1. The molecule has 0 bridgehead atoms. The number of nitrogens with zero attached hydrogens (tertiary/aromatic N) is 4. The molecular formula is C21H24FN5O3S2. The second-order valence-corrected chi connectivity index (χ2v) is 10.0. The topological polar surface area (TPSA) is 97.2 Å². The minimum atomic E-state index is -3.64. The van der Waals surface area contributed by atoms with Gasteiger partial charge in [0.15, 0.2) is 11.0 Å². The summed E-state index contributed by atoms with van der Waals surface area (Å²) >= 11 is 1.21. The third-order valence-electron chi connectivity index (χ3n) is 4.73. The molecule has 11 heteroatoms. The van der Waals surface area contributed by atoms with Gasteiger partial charge in [-0.25, -0.2) is 12.8 Å². The van der Waals surface area contributed by atoms with E-state index in [1.54, 1.807) is 11.6 Å². The summed E-state index contributed by atoms with van der Waals surface area (Å²) in [5.74, 6) is -0.0867. The standard InChI is InChI=1S/C21H24FN5O3S2/c1-15(16-7-5-4-6-8-16)23-20(28)14-31-21-25-24-19(26(21)2)13-27(32(3,29)30)18-11-9-17(22)10-12-18/h4-12,15H,13-14H2,1-3H3,(H,23,28). The monoisotopic (exact) mass is 477 g/mol. The lowest BCUT2D eigenvalue weighted by molar-refractivity contribution is -0.119. The van der Waals surface area contributed by atoms with Gasteiger partial charge in [-0.3, -0.25) is 9.10 Å². The van der Waals surface area contributed by atoms with Crippen LogP contribution in [0.3, 0.4) is 0 Å². The molecule has 170 valence electrons. The van der Waals surface area contributed by atoms with Gasteiger partial charge in [0.05, 0.1) is 30.3 Å². The van der Waals surface area contributed by atoms with E-state index in [0.29, 0.717) is 16.7 Å². The highest BCUT2D eigenvalue weighted by Gasteiger charge is 2.22. The summed E-state index contributed by atoms with van der Waals surface area (Å²) in [6, 6.07) is 14.7. The highest BCUT2D eigenvalue weighted by Crippen LogP contribution is 2.22. The molecule has 2 aromatic carbocycles. The van der Waals surface area contributed by atoms with Gasteiger partial charge in [-0.1, -0.05) is 42.1 Å². The molecule has 0 aliphatic rings. The van der Waals surface area contributed by atoms with Crippen molar-refractivity contribution in [1.29, 1.82) is 0 Å². The fraction of sp³-hybridized carbons (Fsp3) is 0.286. The van der Waals surface area contributed by atoms with Crippen LogP contribution < -0.4 is 9.62 Å². The number of halogens is 1. The van der Waals surface area contributed by atoms with E-state index in [1.165, 1.54) is 36.0 Å². The molecule has 0 saturated heterocycles. The number of aromatic nitrogens is 3. The van der Waals surface area contributed by atoms with Gasteiger partial charge < -0.3 is 9.88 Å². The number of hydrogen-bond donors (Lipinski definition) is 1. The largest absolute Gasteiger partial charge is 0.349 e. The highest BCUT2D eigenvalue weighted by molar-refractivity contribution is 7.99. The average Bonchev–Trinajstić information content (AvgIpc) is 3.10. The molecule has 0 saturated carbocycles. The Bertz CT molecular complexity index is 1170. The van der Waals surface area contributed by atoms with Crippen LogP contribution in [0, 0.1) is 5.82 Å². The number of sulfonamides is 1. The normalized spacial score (nSPS) is 12.4. The molecule has 0 aliphatic carbocycles. The molecule has 1 amide bonds. The maximum absolute atomic E-state index is 13.2. The second-order valence-electron chi connectivity index (χ2n) is 7.19. The SMILES string of the molecule is CC(NC(=O)CSc1nnc(CN(c2ccc(F)cc2)S(C)(=O)=O)n1C)c1ccccc1. The van der Waals surface area contributed by atoms with Crippen LogP contribution in [0.1, 0.15) is 24.4 Å². The van der Waals surface area contributed by atoms with Crippen molar-refractivity contribution in [3.05, 3.63) is 71.8 Å². The van der Waals surface area contributed by atoms with Crippen molar-refractivity contribution in [3.8, 4) is 0 Å². The Morgan fingerprint density at radius 2 is 1.81 bits per heavy atom. The van der Waals surface area contributed by atoms with E-state index in [1.807, 2.05) is 37.3 Å². The first kappa shape index (κ1) is 23.7. The van der Waals surface area contributed by atoms with Gasteiger partial charge in [0, 0.05) is 7.05 Å². The van der Waals surface area contributed by atoms with E-state index in [4.69, 9.17) is 0 Å². The van der Waals surface area contributed by atoms with Gasteiger partial charge in [-0.15, -0.1) is 10.2 Å².